The van der Waals surface area contributed by atoms with Crippen LogP contribution in [-0.2, 0) is 14.3 Å². The highest BCUT2D eigenvalue weighted by molar-refractivity contribution is 5.69. The van der Waals surface area contributed by atoms with Gasteiger partial charge in [0, 0.05) is 12.8 Å². The third-order valence-electron chi connectivity index (χ3n) is 8.27. The highest BCUT2D eigenvalue weighted by Crippen LogP contribution is 2.17. The second-order valence-corrected chi connectivity index (χ2v) is 12.2. The van der Waals surface area contributed by atoms with Crippen LogP contribution in [0.5, 0.6) is 0 Å². The highest BCUT2D eigenvalue weighted by Gasteiger charge is 2.13. The van der Waals surface area contributed by atoms with E-state index in [2.05, 4.69) is 13.8 Å². The van der Waals surface area contributed by atoms with E-state index in [9.17, 15) is 9.59 Å². The molecule has 0 fully saturated rings. The largest absolute Gasteiger partial charge is 0.462 e. The summed E-state index contributed by atoms with van der Waals surface area (Å²) in [6.07, 6.45) is 39.7. The summed E-state index contributed by atoms with van der Waals surface area (Å²) in [6.45, 7) is 4.54. The van der Waals surface area contributed by atoms with Crippen molar-refractivity contribution >= 4 is 12.3 Å². The van der Waals surface area contributed by atoms with Gasteiger partial charge in [-0.3, -0.25) is 4.79 Å². The van der Waals surface area contributed by atoms with E-state index in [1.807, 2.05) is 0 Å². The molecule has 3 heteroatoms. The SMILES string of the molecule is CCCCCCCCCCCCCCCCCCCCCC(=O)OC(CC=O)CCCCCCCCCCC. The van der Waals surface area contributed by atoms with Gasteiger partial charge in [0.25, 0.3) is 0 Å². The molecule has 232 valence electrons. The van der Waals surface area contributed by atoms with Crippen LogP contribution in [0.3, 0.4) is 0 Å². The number of unbranched alkanes of at least 4 members (excludes halogenated alkanes) is 26. The fourth-order valence-corrected chi connectivity index (χ4v) is 5.61. The summed E-state index contributed by atoms with van der Waals surface area (Å²) in [5.74, 6) is -0.107. The molecule has 0 aromatic carbocycles. The standard InChI is InChI=1S/C36H70O3/c1-3-5-7-9-11-13-14-15-16-17-18-19-20-21-22-24-26-28-30-32-36(38)39-35(33-34-37)31-29-27-25-23-12-10-8-6-4-2/h34-35H,3-33H2,1-2H3. The summed E-state index contributed by atoms with van der Waals surface area (Å²) in [7, 11) is 0. The Morgan fingerprint density at radius 2 is 0.795 bits per heavy atom. The smallest absolute Gasteiger partial charge is 0.306 e. The van der Waals surface area contributed by atoms with Crippen molar-refractivity contribution in [3.63, 3.8) is 0 Å². The first-order valence-electron chi connectivity index (χ1n) is 17.9. The molecule has 0 N–H and O–H groups in total. The lowest BCUT2D eigenvalue weighted by Crippen LogP contribution is -2.18. The van der Waals surface area contributed by atoms with E-state index in [0.717, 1.165) is 32.0 Å². The Kier molecular flexibility index (Phi) is 32.6. The Labute approximate surface area is 245 Å². The average Bonchev–Trinajstić information content (AvgIpc) is 2.93. The van der Waals surface area contributed by atoms with Crippen LogP contribution in [0.25, 0.3) is 0 Å². The number of esters is 1. The maximum Gasteiger partial charge on any atom is 0.306 e. The van der Waals surface area contributed by atoms with Crippen molar-refractivity contribution in [1.82, 2.24) is 0 Å². The van der Waals surface area contributed by atoms with Crippen molar-refractivity contribution in [2.75, 3.05) is 0 Å². The van der Waals surface area contributed by atoms with E-state index < -0.39 is 0 Å². The van der Waals surface area contributed by atoms with Crippen molar-refractivity contribution in [1.29, 1.82) is 0 Å². The van der Waals surface area contributed by atoms with E-state index in [0.29, 0.717) is 12.8 Å². The van der Waals surface area contributed by atoms with E-state index in [4.69, 9.17) is 4.74 Å². The highest BCUT2D eigenvalue weighted by atomic mass is 16.5. The first kappa shape index (κ1) is 38.1. The average molecular weight is 551 g/mol. The summed E-state index contributed by atoms with van der Waals surface area (Å²) < 4.78 is 5.63. The number of carbonyl (C=O) groups is 2. The molecule has 1 atom stereocenters. The minimum Gasteiger partial charge on any atom is -0.462 e. The predicted octanol–water partition coefficient (Wildman–Crippen LogP) is 12.2. The summed E-state index contributed by atoms with van der Waals surface area (Å²) in [5, 5.41) is 0. The van der Waals surface area contributed by atoms with Crippen LogP contribution >= 0.6 is 0 Å². The van der Waals surface area contributed by atoms with Crippen LogP contribution < -0.4 is 0 Å². The molecular formula is C36H70O3. The normalized spacial score (nSPS) is 12.1. The van der Waals surface area contributed by atoms with E-state index in [1.165, 1.54) is 161 Å². The Hall–Kier alpha value is -0.860. The van der Waals surface area contributed by atoms with Gasteiger partial charge in [0.1, 0.15) is 12.4 Å². The van der Waals surface area contributed by atoms with Gasteiger partial charge in [-0.2, -0.15) is 0 Å². The van der Waals surface area contributed by atoms with Crippen LogP contribution in [0.2, 0.25) is 0 Å². The van der Waals surface area contributed by atoms with E-state index >= 15 is 0 Å². The molecule has 0 aliphatic carbocycles. The molecule has 0 aromatic rings. The Morgan fingerprint density at radius 3 is 1.13 bits per heavy atom. The molecule has 0 aliphatic rings. The molecular weight excluding hydrogens is 480 g/mol. The summed E-state index contributed by atoms with van der Waals surface area (Å²) >= 11 is 0. The molecule has 0 aromatic heterocycles. The molecule has 0 aliphatic heterocycles. The van der Waals surface area contributed by atoms with Crippen molar-refractivity contribution in [2.45, 2.75) is 219 Å². The zero-order chi connectivity index (χ0) is 28.5. The maximum absolute atomic E-state index is 12.2. The molecule has 0 rings (SSSR count). The van der Waals surface area contributed by atoms with Gasteiger partial charge in [-0.25, -0.2) is 0 Å². The van der Waals surface area contributed by atoms with Crippen molar-refractivity contribution in [3.05, 3.63) is 0 Å². The summed E-state index contributed by atoms with van der Waals surface area (Å²) in [4.78, 5) is 23.2. The zero-order valence-corrected chi connectivity index (χ0v) is 26.8. The van der Waals surface area contributed by atoms with Gasteiger partial charge in [-0.1, -0.05) is 181 Å². The molecule has 0 bridgehead atoms. The van der Waals surface area contributed by atoms with Gasteiger partial charge in [-0.15, -0.1) is 0 Å². The van der Waals surface area contributed by atoms with Gasteiger partial charge in [0.15, 0.2) is 0 Å². The van der Waals surface area contributed by atoms with Crippen LogP contribution in [0.4, 0.5) is 0 Å². The number of aldehydes is 1. The maximum atomic E-state index is 12.2. The molecule has 0 saturated heterocycles. The van der Waals surface area contributed by atoms with Gasteiger partial charge in [0.05, 0.1) is 0 Å². The Balaban J connectivity index is 3.44. The number of hydrogen-bond donors (Lipinski definition) is 0. The lowest BCUT2D eigenvalue weighted by Gasteiger charge is -2.15. The fourth-order valence-electron chi connectivity index (χ4n) is 5.61. The number of ether oxygens (including phenoxy) is 1. The van der Waals surface area contributed by atoms with Gasteiger partial charge in [-0.05, 0) is 19.3 Å². The molecule has 39 heavy (non-hydrogen) atoms. The van der Waals surface area contributed by atoms with Crippen molar-refractivity contribution in [3.8, 4) is 0 Å². The van der Waals surface area contributed by atoms with E-state index in [1.54, 1.807) is 0 Å². The molecule has 0 spiro atoms. The minimum atomic E-state index is -0.208. The fraction of sp³-hybridized carbons (Fsp3) is 0.944. The molecule has 0 amide bonds. The summed E-state index contributed by atoms with van der Waals surface area (Å²) in [6, 6.07) is 0. The predicted molar refractivity (Wildman–Crippen MR) is 170 cm³/mol. The van der Waals surface area contributed by atoms with Crippen molar-refractivity contribution < 1.29 is 14.3 Å². The van der Waals surface area contributed by atoms with Crippen molar-refractivity contribution in [2.24, 2.45) is 0 Å². The van der Waals surface area contributed by atoms with Crippen LogP contribution in [0.15, 0.2) is 0 Å². The Bertz CT molecular complexity index is 490. The second-order valence-electron chi connectivity index (χ2n) is 12.2. The number of rotatable bonds is 33. The Morgan fingerprint density at radius 1 is 0.487 bits per heavy atom. The first-order valence-corrected chi connectivity index (χ1v) is 17.9. The minimum absolute atomic E-state index is 0.107. The third-order valence-corrected chi connectivity index (χ3v) is 8.27. The lowest BCUT2D eigenvalue weighted by molar-refractivity contribution is -0.150. The second kappa shape index (κ2) is 33.3. The topological polar surface area (TPSA) is 43.4 Å². The third kappa shape index (κ3) is 31.5. The van der Waals surface area contributed by atoms with Gasteiger partial charge < -0.3 is 9.53 Å². The molecule has 0 radical (unpaired) electrons. The summed E-state index contributed by atoms with van der Waals surface area (Å²) in [5.41, 5.74) is 0. The number of carbonyl (C=O) groups excluding carboxylic acids is 2. The molecule has 3 nitrogen and oxygen atoms in total. The molecule has 1 unspecified atom stereocenters. The molecule has 0 heterocycles. The molecule has 0 saturated carbocycles. The van der Waals surface area contributed by atoms with Gasteiger partial charge >= 0.3 is 5.97 Å². The first-order chi connectivity index (χ1) is 19.2. The van der Waals surface area contributed by atoms with Gasteiger partial charge in [0.2, 0.25) is 0 Å². The van der Waals surface area contributed by atoms with E-state index in [-0.39, 0.29) is 12.1 Å². The lowest BCUT2D eigenvalue weighted by atomic mass is 10.0. The van der Waals surface area contributed by atoms with Crippen LogP contribution in [0, 0.1) is 0 Å². The van der Waals surface area contributed by atoms with Crippen LogP contribution in [0.1, 0.15) is 213 Å². The quantitative estimate of drug-likeness (QED) is 0.0463. The monoisotopic (exact) mass is 551 g/mol. The van der Waals surface area contributed by atoms with Crippen LogP contribution in [-0.4, -0.2) is 18.4 Å². The zero-order valence-electron chi connectivity index (χ0n) is 26.8. The number of hydrogen-bond acceptors (Lipinski definition) is 3.